The van der Waals surface area contributed by atoms with Crippen LogP contribution in [0.5, 0.6) is 0 Å². The van der Waals surface area contributed by atoms with E-state index in [1.165, 1.54) is 4.68 Å². The Labute approximate surface area is 67.8 Å². The highest BCUT2D eigenvalue weighted by Crippen LogP contribution is 2.16. The minimum absolute atomic E-state index is 0.0630. The van der Waals surface area contributed by atoms with Gasteiger partial charge in [0.25, 0.3) is 0 Å². The summed E-state index contributed by atoms with van der Waals surface area (Å²) in [5.41, 5.74) is 11.0. The van der Waals surface area contributed by atoms with Gasteiger partial charge in [-0.25, -0.2) is 4.68 Å². The predicted molar refractivity (Wildman–Crippen MR) is 40.9 cm³/mol. The van der Waals surface area contributed by atoms with Gasteiger partial charge >= 0.3 is 5.91 Å². The summed E-state index contributed by atoms with van der Waals surface area (Å²) >= 11 is 0. The van der Waals surface area contributed by atoms with Gasteiger partial charge < -0.3 is 5.73 Å². The van der Waals surface area contributed by atoms with E-state index < -0.39 is 5.91 Å². The first kappa shape index (κ1) is 6.92. The van der Waals surface area contributed by atoms with E-state index in [-0.39, 0.29) is 5.96 Å². The Morgan fingerprint density at radius 1 is 1.50 bits per heavy atom. The Hall–Kier alpha value is -1.76. The van der Waals surface area contributed by atoms with Crippen molar-refractivity contribution in [2.45, 2.75) is 5.91 Å². The maximum Gasteiger partial charge on any atom is 0.326 e. The molecule has 2 rings (SSSR count). The van der Waals surface area contributed by atoms with E-state index in [4.69, 9.17) is 11.5 Å². The van der Waals surface area contributed by atoms with Crippen molar-refractivity contribution in [1.82, 2.24) is 9.78 Å². The van der Waals surface area contributed by atoms with Crippen molar-refractivity contribution in [1.29, 1.82) is 0 Å². The standard InChI is InChI=1S/C5H7N7/c6-4-9-5(7,11-10-4)12-3-1-2-8-12/h1-3H,7H2,(H2,6,9). The molecule has 0 bridgehead atoms. The van der Waals surface area contributed by atoms with Crippen LogP contribution in [0.2, 0.25) is 0 Å². The van der Waals surface area contributed by atoms with Crippen LogP contribution in [-0.2, 0) is 5.91 Å². The number of azo groups is 1. The van der Waals surface area contributed by atoms with Crippen LogP contribution < -0.4 is 11.5 Å². The van der Waals surface area contributed by atoms with Crippen molar-refractivity contribution in [2.75, 3.05) is 0 Å². The van der Waals surface area contributed by atoms with E-state index in [0.717, 1.165) is 0 Å². The predicted octanol–water partition coefficient (Wildman–Crippen LogP) is -0.810. The minimum Gasteiger partial charge on any atom is -0.367 e. The van der Waals surface area contributed by atoms with Crippen molar-refractivity contribution in [3.05, 3.63) is 18.5 Å². The number of aromatic nitrogens is 2. The third-order valence-corrected chi connectivity index (χ3v) is 1.42. The van der Waals surface area contributed by atoms with Crippen LogP contribution in [-0.4, -0.2) is 15.7 Å². The van der Waals surface area contributed by atoms with Crippen LogP contribution >= 0.6 is 0 Å². The molecule has 7 heteroatoms. The molecule has 12 heavy (non-hydrogen) atoms. The number of aliphatic imine (C=N–C) groups is 1. The van der Waals surface area contributed by atoms with E-state index >= 15 is 0 Å². The SMILES string of the molecule is NC1=NC(N)(n2cccn2)N=N1. The molecule has 1 aromatic rings. The summed E-state index contributed by atoms with van der Waals surface area (Å²) in [6.45, 7) is 0. The summed E-state index contributed by atoms with van der Waals surface area (Å²) in [6, 6.07) is 1.72. The monoisotopic (exact) mass is 165 g/mol. The third kappa shape index (κ3) is 0.873. The first-order valence-electron chi connectivity index (χ1n) is 3.28. The first-order valence-corrected chi connectivity index (χ1v) is 3.28. The van der Waals surface area contributed by atoms with Gasteiger partial charge in [0.15, 0.2) is 0 Å². The van der Waals surface area contributed by atoms with Gasteiger partial charge in [0.2, 0.25) is 5.96 Å². The Bertz CT molecular complexity index is 337. The van der Waals surface area contributed by atoms with Gasteiger partial charge in [0.05, 0.1) is 0 Å². The molecule has 0 saturated heterocycles. The largest absolute Gasteiger partial charge is 0.367 e. The van der Waals surface area contributed by atoms with E-state index in [9.17, 15) is 0 Å². The topological polar surface area (TPSA) is 107 Å². The van der Waals surface area contributed by atoms with Crippen LogP contribution in [0.1, 0.15) is 0 Å². The Morgan fingerprint density at radius 2 is 2.33 bits per heavy atom. The zero-order valence-electron chi connectivity index (χ0n) is 6.12. The van der Waals surface area contributed by atoms with Gasteiger partial charge in [0, 0.05) is 12.4 Å². The van der Waals surface area contributed by atoms with Crippen LogP contribution in [0.15, 0.2) is 33.7 Å². The number of hydrogen-bond acceptors (Lipinski definition) is 6. The summed E-state index contributed by atoms with van der Waals surface area (Å²) in [4.78, 5) is 3.80. The van der Waals surface area contributed by atoms with Gasteiger partial charge in [-0.15, -0.1) is 10.2 Å². The highest BCUT2D eigenvalue weighted by Gasteiger charge is 2.30. The van der Waals surface area contributed by atoms with Crippen LogP contribution in [0.4, 0.5) is 0 Å². The van der Waals surface area contributed by atoms with Crippen LogP contribution in [0.25, 0.3) is 0 Å². The molecular formula is C5H7N7. The molecule has 0 aliphatic carbocycles. The quantitative estimate of drug-likeness (QED) is 0.568. The smallest absolute Gasteiger partial charge is 0.326 e. The molecule has 1 aliphatic heterocycles. The molecule has 62 valence electrons. The molecule has 4 N–H and O–H groups in total. The molecule has 0 spiro atoms. The first-order chi connectivity index (χ1) is 5.71. The lowest BCUT2D eigenvalue weighted by atomic mass is 10.6. The molecule has 2 heterocycles. The Morgan fingerprint density at radius 3 is 2.83 bits per heavy atom. The average Bonchev–Trinajstić information content (AvgIpc) is 2.59. The molecular weight excluding hydrogens is 158 g/mol. The highest BCUT2D eigenvalue weighted by molar-refractivity contribution is 5.79. The van der Waals surface area contributed by atoms with Crippen LogP contribution in [0.3, 0.4) is 0 Å². The van der Waals surface area contributed by atoms with E-state index in [1.807, 2.05) is 0 Å². The van der Waals surface area contributed by atoms with E-state index in [2.05, 4.69) is 20.3 Å². The number of hydrogen-bond donors (Lipinski definition) is 2. The zero-order chi connectivity index (χ0) is 8.60. The number of nitrogens with two attached hydrogens (primary N) is 2. The summed E-state index contributed by atoms with van der Waals surface area (Å²) < 4.78 is 1.37. The van der Waals surface area contributed by atoms with Crippen molar-refractivity contribution in [2.24, 2.45) is 26.7 Å². The zero-order valence-corrected chi connectivity index (χ0v) is 6.12. The molecule has 0 fully saturated rings. The number of nitrogens with zero attached hydrogens (tertiary/aromatic N) is 5. The van der Waals surface area contributed by atoms with Gasteiger partial charge in [-0.1, -0.05) is 0 Å². The maximum absolute atomic E-state index is 5.69. The second-order valence-corrected chi connectivity index (χ2v) is 2.31. The fourth-order valence-electron chi connectivity index (χ4n) is 0.899. The molecule has 0 saturated carbocycles. The van der Waals surface area contributed by atoms with Gasteiger partial charge in [-0.05, 0) is 6.07 Å². The van der Waals surface area contributed by atoms with E-state index in [0.29, 0.717) is 0 Å². The third-order valence-electron chi connectivity index (χ3n) is 1.42. The molecule has 1 unspecified atom stereocenters. The second kappa shape index (κ2) is 2.11. The summed E-state index contributed by atoms with van der Waals surface area (Å²) in [5, 5.41) is 11.1. The summed E-state index contributed by atoms with van der Waals surface area (Å²) in [7, 11) is 0. The van der Waals surface area contributed by atoms with E-state index in [1.54, 1.807) is 18.5 Å². The second-order valence-electron chi connectivity index (χ2n) is 2.31. The van der Waals surface area contributed by atoms with Crippen molar-refractivity contribution in [3.8, 4) is 0 Å². The molecule has 0 aromatic carbocycles. The molecule has 0 radical (unpaired) electrons. The molecule has 1 aliphatic rings. The Balaban J connectivity index is 2.43. The highest BCUT2D eigenvalue weighted by atomic mass is 15.6. The lowest BCUT2D eigenvalue weighted by Gasteiger charge is -2.14. The van der Waals surface area contributed by atoms with Crippen molar-refractivity contribution in [3.63, 3.8) is 0 Å². The number of guanidine groups is 1. The minimum atomic E-state index is -1.28. The lowest BCUT2D eigenvalue weighted by Crippen LogP contribution is -2.38. The molecule has 1 atom stereocenters. The van der Waals surface area contributed by atoms with Gasteiger partial charge in [-0.3, -0.25) is 5.73 Å². The van der Waals surface area contributed by atoms with Crippen molar-refractivity contribution >= 4 is 5.96 Å². The molecule has 0 amide bonds. The van der Waals surface area contributed by atoms with Gasteiger partial charge in [-0.2, -0.15) is 10.1 Å². The van der Waals surface area contributed by atoms with Crippen molar-refractivity contribution < 1.29 is 0 Å². The normalized spacial score (nSPS) is 27.6. The summed E-state index contributed by atoms with van der Waals surface area (Å²) in [6.07, 6.45) is 3.22. The number of rotatable bonds is 1. The maximum atomic E-state index is 5.69. The summed E-state index contributed by atoms with van der Waals surface area (Å²) in [5.74, 6) is -1.22. The molecule has 1 aromatic heterocycles. The fourth-order valence-corrected chi connectivity index (χ4v) is 0.899. The van der Waals surface area contributed by atoms with Crippen LogP contribution in [0, 0.1) is 0 Å². The van der Waals surface area contributed by atoms with Gasteiger partial charge in [0.1, 0.15) is 0 Å². The fraction of sp³-hybridized carbons (Fsp3) is 0.200. The average molecular weight is 165 g/mol. The molecule has 7 nitrogen and oxygen atoms in total. The lowest BCUT2D eigenvalue weighted by molar-refractivity contribution is 0.294. The Kier molecular flexibility index (Phi) is 1.22.